The van der Waals surface area contributed by atoms with Gasteiger partial charge in [-0.3, -0.25) is 38.8 Å². The maximum absolute atomic E-state index is 11.2. The quantitative estimate of drug-likeness (QED) is 0.345. The summed E-state index contributed by atoms with van der Waals surface area (Å²) >= 11 is 0. The highest BCUT2D eigenvalue weighted by molar-refractivity contribution is 5.70. The molecule has 0 unspecified atom stereocenters. The Morgan fingerprint density at radius 1 is 0.433 bits per heavy atom. The second-order valence-corrected chi connectivity index (χ2v) is 7.39. The molecule has 1 fully saturated rings. The smallest absolute Gasteiger partial charge is 0.317 e. The van der Waals surface area contributed by atoms with Crippen LogP contribution in [0.4, 0.5) is 0 Å². The topological polar surface area (TPSA) is 162 Å². The van der Waals surface area contributed by atoms with E-state index in [-0.39, 0.29) is 26.2 Å². The standard InChI is InChI=1S/C18H32N4O8/c23-15(24)11-19-3-1-2-4-20(12-16(25)26)6-8-22(14-18(29)30)10-9-21(7-5-19)13-17(27)28/h1-14H2,(H,23,24)(H,25,26)(H,27,28)(H,29,30). The number of carboxylic acids is 4. The van der Waals surface area contributed by atoms with Gasteiger partial charge in [0.15, 0.2) is 0 Å². The zero-order valence-corrected chi connectivity index (χ0v) is 17.1. The van der Waals surface area contributed by atoms with Crippen LogP contribution in [0.25, 0.3) is 0 Å². The number of hydrogen-bond acceptors (Lipinski definition) is 8. The first-order valence-electron chi connectivity index (χ1n) is 9.92. The van der Waals surface area contributed by atoms with Crippen molar-refractivity contribution in [3.8, 4) is 0 Å². The highest BCUT2D eigenvalue weighted by atomic mass is 16.4. The van der Waals surface area contributed by atoms with E-state index in [1.54, 1.807) is 19.6 Å². The molecule has 1 aliphatic heterocycles. The molecule has 0 amide bonds. The Morgan fingerprint density at radius 3 is 0.833 bits per heavy atom. The van der Waals surface area contributed by atoms with Crippen molar-refractivity contribution in [2.75, 3.05) is 78.5 Å². The second kappa shape index (κ2) is 13.9. The van der Waals surface area contributed by atoms with Crippen molar-refractivity contribution in [3.63, 3.8) is 0 Å². The van der Waals surface area contributed by atoms with Gasteiger partial charge < -0.3 is 20.4 Å². The minimum absolute atomic E-state index is 0.162. The van der Waals surface area contributed by atoms with Crippen LogP contribution in [-0.4, -0.2) is 142 Å². The van der Waals surface area contributed by atoms with Gasteiger partial charge in [-0.2, -0.15) is 0 Å². The summed E-state index contributed by atoms with van der Waals surface area (Å²) in [4.78, 5) is 51.4. The largest absolute Gasteiger partial charge is 0.480 e. The van der Waals surface area contributed by atoms with Gasteiger partial charge in [-0.1, -0.05) is 0 Å². The molecule has 0 radical (unpaired) electrons. The van der Waals surface area contributed by atoms with E-state index in [9.17, 15) is 19.2 Å². The van der Waals surface area contributed by atoms with Gasteiger partial charge in [0.05, 0.1) is 26.2 Å². The third kappa shape index (κ3) is 12.3. The highest BCUT2D eigenvalue weighted by Crippen LogP contribution is 2.03. The minimum Gasteiger partial charge on any atom is -0.480 e. The predicted molar refractivity (Wildman–Crippen MR) is 106 cm³/mol. The molecular formula is C18H32N4O8. The Balaban J connectivity index is 2.91. The molecule has 0 aromatic rings. The van der Waals surface area contributed by atoms with Gasteiger partial charge in [-0.05, 0) is 25.9 Å². The van der Waals surface area contributed by atoms with E-state index in [2.05, 4.69) is 0 Å². The van der Waals surface area contributed by atoms with E-state index in [0.29, 0.717) is 65.2 Å². The van der Waals surface area contributed by atoms with Gasteiger partial charge in [0, 0.05) is 39.3 Å². The molecule has 0 aromatic carbocycles. The third-order valence-electron chi connectivity index (χ3n) is 4.83. The lowest BCUT2D eigenvalue weighted by Crippen LogP contribution is -2.46. The molecule has 0 aliphatic carbocycles. The van der Waals surface area contributed by atoms with Crippen molar-refractivity contribution < 1.29 is 39.6 Å². The molecule has 4 N–H and O–H groups in total. The van der Waals surface area contributed by atoms with Crippen molar-refractivity contribution in [3.05, 3.63) is 0 Å². The van der Waals surface area contributed by atoms with Crippen molar-refractivity contribution in [1.82, 2.24) is 19.6 Å². The summed E-state index contributed by atoms with van der Waals surface area (Å²) in [6, 6.07) is 0. The fourth-order valence-electron chi connectivity index (χ4n) is 3.36. The zero-order valence-electron chi connectivity index (χ0n) is 17.1. The predicted octanol–water partition coefficient (Wildman–Crippen LogP) is -1.67. The average molecular weight is 432 g/mol. The number of hydrogen-bond donors (Lipinski definition) is 4. The van der Waals surface area contributed by atoms with Gasteiger partial charge in [0.2, 0.25) is 0 Å². The van der Waals surface area contributed by atoms with Crippen LogP contribution in [-0.2, 0) is 19.2 Å². The van der Waals surface area contributed by atoms with Gasteiger partial charge in [0.1, 0.15) is 0 Å². The van der Waals surface area contributed by atoms with E-state index in [4.69, 9.17) is 20.4 Å². The molecule has 0 spiro atoms. The van der Waals surface area contributed by atoms with Crippen LogP contribution in [0.5, 0.6) is 0 Å². The van der Waals surface area contributed by atoms with Crippen molar-refractivity contribution >= 4 is 23.9 Å². The summed E-state index contributed by atoms with van der Waals surface area (Å²) in [5.41, 5.74) is 0. The van der Waals surface area contributed by atoms with E-state index in [0.717, 1.165) is 0 Å². The lowest BCUT2D eigenvalue weighted by molar-refractivity contribution is -0.141. The molecule has 0 aromatic heterocycles. The molecular weight excluding hydrogens is 400 g/mol. The summed E-state index contributed by atoms with van der Waals surface area (Å²) in [5, 5.41) is 36.6. The highest BCUT2D eigenvalue weighted by Gasteiger charge is 2.19. The Kier molecular flexibility index (Phi) is 11.9. The molecule has 0 saturated carbocycles. The van der Waals surface area contributed by atoms with Crippen LogP contribution < -0.4 is 0 Å². The fraction of sp³-hybridized carbons (Fsp3) is 0.778. The van der Waals surface area contributed by atoms with E-state index >= 15 is 0 Å². The minimum atomic E-state index is -1.02. The Hall–Kier alpha value is -2.28. The van der Waals surface area contributed by atoms with Crippen molar-refractivity contribution in [2.45, 2.75) is 12.8 Å². The van der Waals surface area contributed by atoms with Crippen LogP contribution in [0.2, 0.25) is 0 Å². The van der Waals surface area contributed by atoms with Gasteiger partial charge in [-0.15, -0.1) is 0 Å². The van der Waals surface area contributed by atoms with Gasteiger partial charge >= 0.3 is 23.9 Å². The fourth-order valence-corrected chi connectivity index (χ4v) is 3.36. The first-order valence-corrected chi connectivity index (χ1v) is 9.92. The normalized spacial score (nSPS) is 19.7. The first kappa shape index (κ1) is 25.8. The molecule has 0 bridgehead atoms. The van der Waals surface area contributed by atoms with E-state index in [1.165, 1.54) is 0 Å². The summed E-state index contributed by atoms with van der Waals surface area (Å²) in [5.74, 6) is -3.97. The molecule has 12 nitrogen and oxygen atoms in total. The first-order chi connectivity index (χ1) is 14.2. The maximum atomic E-state index is 11.2. The van der Waals surface area contributed by atoms with Crippen LogP contribution in [0.15, 0.2) is 0 Å². The maximum Gasteiger partial charge on any atom is 0.317 e. The SMILES string of the molecule is O=C(O)CN1CCCCN(CC(=O)O)CCN(CC(=O)O)CCN(CC(=O)O)CC1. The zero-order chi connectivity index (χ0) is 22.5. The summed E-state index contributed by atoms with van der Waals surface area (Å²) in [6.45, 7) is 2.30. The van der Waals surface area contributed by atoms with Crippen molar-refractivity contribution in [2.24, 2.45) is 0 Å². The molecule has 0 atom stereocenters. The number of carbonyl (C=O) groups is 4. The van der Waals surface area contributed by atoms with Crippen LogP contribution >= 0.6 is 0 Å². The molecule has 172 valence electrons. The Bertz CT molecular complexity index is 539. The molecule has 1 rings (SSSR count). The average Bonchev–Trinajstić information content (AvgIpc) is 2.61. The summed E-state index contributed by atoms with van der Waals surface area (Å²) in [7, 11) is 0. The molecule has 1 saturated heterocycles. The Labute approximate surface area is 175 Å². The molecule has 12 heteroatoms. The number of aliphatic carboxylic acids is 4. The number of carboxylic acid groups (broad SMARTS) is 4. The number of rotatable bonds is 8. The van der Waals surface area contributed by atoms with Crippen LogP contribution in [0, 0.1) is 0 Å². The summed E-state index contributed by atoms with van der Waals surface area (Å²) in [6.07, 6.45) is 1.34. The lowest BCUT2D eigenvalue weighted by Gasteiger charge is -2.30. The monoisotopic (exact) mass is 432 g/mol. The van der Waals surface area contributed by atoms with Crippen molar-refractivity contribution in [1.29, 1.82) is 0 Å². The molecule has 1 heterocycles. The van der Waals surface area contributed by atoms with E-state index in [1.807, 2.05) is 0 Å². The second-order valence-electron chi connectivity index (χ2n) is 7.39. The molecule has 1 aliphatic rings. The number of nitrogens with zero attached hydrogens (tertiary/aromatic N) is 4. The van der Waals surface area contributed by atoms with Gasteiger partial charge in [0.25, 0.3) is 0 Å². The Morgan fingerprint density at radius 2 is 0.633 bits per heavy atom. The lowest BCUT2D eigenvalue weighted by atomic mass is 10.2. The summed E-state index contributed by atoms with van der Waals surface area (Å²) < 4.78 is 0. The van der Waals surface area contributed by atoms with Crippen LogP contribution in [0.3, 0.4) is 0 Å². The molecule has 30 heavy (non-hydrogen) atoms. The third-order valence-corrected chi connectivity index (χ3v) is 4.83. The van der Waals surface area contributed by atoms with Crippen LogP contribution in [0.1, 0.15) is 12.8 Å². The van der Waals surface area contributed by atoms with E-state index < -0.39 is 23.9 Å². The van der Waals surface area contributed by atoms with Gasteiger partial charge in [-0.25, -0.2) is 0 Å².